The van der Waals surface area contributed by atoms with Gasteiger partial charge in [-0.1, -0.05) is 32.1 Å². The molecule has 0 amide bonds. The van der Waals surface area contributed by atoms with Gasteiger partial charge in [0, 0.05) is 11.8 Å². The topological polar surface area (TPSA) is 30.0 Å². The van der Waals surface area contributed by atoms with Crippen molar-refractivity contribution in [3.05, 3.63) is 29.6 Å². The Morgan fingerprint density at radius 2 is 2.13 bits per heavy atom. The lowest BCUT2D eigenvalue weighted by molar-refractivity contribution is 0.112. The molecule has 2 heteroatoms. The predicted molar refractivity (Wildman–Crippen MR) is 59.9 cm³/mol. The lowest BCUT2D eigenvalue weighted by Gasteiger charge is -2.21. The summed E-state index contributed by atoms with van der Waals surface area (Å²) in [5.41, 5.74) is 1.75. The first-order valence-electron chi connectivity index (χ1n) is 5.79. The van der Waals surface area contributed by atoms with Gasteiger partial charge in [-0.25, -0.2) is 0 Å². The molecule has 2 nitrogen and oxygen atoms in total. The Morgan fingerprint density at radius 1 is 1.33 bits per heavy atom. The van der Waals surface area contributed by atoms with Gasteiger partial charge in [0.2, 0.25) is 0 Å². The maximum atomic E-state index is 10.8. The summed E-state index contributed by atoms with van der Waals surface area (Å²) < 4.78 is 0. The molecule has 1 aliphatic carbocycles. The molecule has 0 radical (unpaired) electrons. The summed E-state index contributed by atoms with van der Waals surface area (Å²) in [4.78, 5) is 15.1. The predicted octanol–water partition coefficient (Wildman–Crippen LogP) is 3.02. The van der Waals surface area contributed by atoms with Crippen molar-refractivity contribution in [2.75, 3.05) is 0 Å². The molecule has 1 saturated carbocycles. The maximum Gasteiger partial charge on any atom is 0.151 e. The molecule has 1 aromatic rings. The Bertz CT molecular complexity index is 329. The summed E-state index contributed by atoms with van der Waals surface area (Å²) in [5.74, 6) is 0.743. The number of carbonyl (C=O) groups is 1. The fourth-order valence-corrected chi connectivity index (χ4v) is 2.39. The van der Waals surface area contributed by atoms with E-state index in [0.29, 0.717) is 0 Å². The third-order valence-electron chi connectivity index (χ3n) is 3.26. The molecule has 0 bridgehead atoms. The summed E-state index contributed by atoms with van der Waals surface area (Å²) in [6, 6.07) is 3.69. The first-order chi connectivity index (χ1) is 7.40. The summed E-state index contributed by atoms with van der Waals surface area (Å²) in [7, 11) is 0. The molecule has 0 aliphatic heterocycles. The van der Waals surface area contributed by atoms with Gasteiger partial charge in [-0.3, -0.25) is 9.78 Å². The lowest BCUT2D eigenvalue weighted by atomic mass is 9.85. The van der Waals surface area contributed by atoms with Crippen molar-refractivity contribution in [2.45, 2.75) is 38.5 Å². The molecule has 1 aliphatic rings. The highest BCUT2D eigenvalue weighted by atomic mass is 16.1. The third kappa shape index (κ3) is 2.65. The average Bonchev–Trinajstić information content (AvgIpc) is 2.31. The Morgan fingerprint density at radius 3 is 2.87 bits per heavy atom. The number of carbonyl (C=O) groups excluding carboxylic acids is 1. The smallest absolute Gasteiger partial charge is 0.151 e. The van der Waals surface area contributed by atoms with Gasteiger partial charge in [-0.2, -0.15) is 0 Å². The van der Waals surface area contributed by atoms with Crippen LogP contribution in [0.4, 0.5) is 0 Å². The molecule has 0 N–H and O–H groups in total. The van der Waals surface area contributed by atoms with E-state index in [1.54, 1.807) is 6.20 Å². The van der Waals surface area contributed by atoms with Crippen LogP contribution in [-0.2, 0) is 6.42 Å². The summed E-state index contributed by atoms with van der Waals surface area (Å²) in [6.07, 6.45) is 10.3. The van der Waals surface area contributed by atoms with Crippen molar-refractivity contribution in [1.29, 1.82) is 0 Å². The average molecular weight is 203 g/mol. The van der Waals surface area contributed by atoms with E-state index in [2.05, 4.69) is 4.98 Å². The van der Waals surface area contributed by atoms with Crippen LogP contribution in [0.2, 0.25) is 0 Å². The molecule has 80 valence electrons. The largest absolute Gasteiger partial charge is 0.298 e. The molecule has 15 heavy (non-hydrogen) atoms. The van der Waals surface area contributed by atoms with Crippen LogP contribution in [0.25, 0.3) is 0 Å². The highest BCUT2D eigenvalue weighted by Crippen LogP contribution is 2.26. The van der Waals surface area contributed by atoms with Crippen LogP contribution in [0.3, 0.4) is 0 Å². The van der Waals surface area contributed by atoms with E-state index in [4.69, 9.17) is 0 Å². The zero-order valence-corrected chi connectivity index (χ0v) is 8.98. The molecule has 1 fully saturated rings. The fourth-order valence-electron chi connectivity index (χ4n) is 2.39. The van der Waals surface area contributed by atoms with E-state index < -0.39 is 0 Å². The highest BCUT2D eigenvalue weighted by Gasteiger charge is 2.15. The number of aromatic nitrogens is 1. The fraction of sp³-hybridized carbons (Fsp3) is 0.538. The minimum Gasteiger partial charge on any atom is -0.298 e. The Balaban J connectivity index is 2.05. The van der Waals surface area contributed by atoms with E-state index in [1.165, 1.54) is 32.1 Å². The van der Waals surface area contributed by atoms with Crippen LogP contribution < -0.4 is 0 Å². The molecular formula is C13H17NO. The monoisotopic (exact) mass is 203 g/mol. The molecule has 0 aromatic carbocycles. The SMILES string of the molecule is O=Cc1cccnc1CC1CCCCC1. The Hall–Kier alpha value is -1.18. The molecule has 0 spiro atoms. The number of nitrogens with zero attached hydrogens (tertiary/aromatic N) is 1. The van der Waals surface area contributed by atoms with Crippen molar-refractivity contribution in [1.82, 2.24) is 4.98 Å². The molecule has 0 unspecified atom stereocenters. The second kappa shape index (κ2) is 5.06. The maximum absolute atomic E-state index is 10.8. The Labute approximate surface area is 90.7 Å². The van der Waals surface area contributed by atoms with E-state index in [1.807, 2.05) is 12.1 Å². The van der Waals surface area contributed by atoms with Crippen LogP contribution in [0.5, 0.6) is 0 Å². The number of rotatable bonds is 3. The van der Waals surface area contributed by atoms with Gasteiger partial charge in [-0.05, 0) is 24.5 Å². The normalized spacial score (nSPS) is 17.6. The van der Waals surface area contributed by atoms with Crippen molar-refractivity contribution in [2.24, 2.45) is 5.92 Å². The standard InChI is InChI=1S/C13H17NO/c15-10-12-7-4-8-14-13(12)9-11-5-2-1-3-6-11/h4,7-8,10-11H,1-3,5-6,9H2. The minimum absolute atomic E-state index is 0.743. The van der Waals surface area contributed by atoms with E-state index in [0.717, 1.165) is 29.9 Å². The van der Waals surface area contributed by atoms with Crippen molar-refractivity contribution >= 4 is 6.29 Å². The molecule has 0 saturated heterocycles. The molecule has 0 atom stereocenters. The second-order valence-electron chi connectivity index (χ2n) is 4.37. The Kier molecular flexibility index (Phi) is 3.49. The summed E-state index contributed by atoms with van der Waals surface area (Å²) >= 11 is 0. The van der Waals surface area contributed by atoms with Gasteiger partial charge in [0.05, 0.1) is 5.69 Å². The first-order valence-corrected chi connectivity index (χ1v) is 5.79. The summed E-state index contributed by atoms with van der Waals surface area (Å²) in [5, 5.41) is 0. The number of pyridine rings is 1. The zero-order chi connectivity index (χ0) is 10.5. The number of hydrogen-bond donors (Lipinski definition) is 0. The van der Waals surface area contributed by atoms with Gasteiger partial charge in [0.15, 0.2) is 6.29 Å². The van der Waals surface area contributed by atoms with Gasteiger partial charge in [0.25, 0.3) is 0 Å². The molecule has 1 heterocycles. The first kappa shape index (κ1) is 10.3. The van der Waals surface area contributed by atoms with Gasteiger partial charge in [-0.15, -0.1) is 0 Å². The second-order valence-corrected chi connectivity index (χ2v) is 4.37. The van der Waals surface area contributed by atoms with E-state index in [9.17, 15) is 4.79 Å². The van der Waals surface area contributed by atoms with Gasteiger partial charge >= 0.3 is 0 Å². The number of hydrogen-bond acceptors (Lipinski definition) is 2. The minimum atomic E-state index is 0.743. The zero-order valence-electron chi connectivity index (χ0n) is 8.98. The lowest BCUT2D eigenvalue weighted by Crippen LogP contribution is -2.11. The number of aldehydes is 1. The molecular weight excluding hydrogens is 186 g/mol. The van der Waals surface area contributed by atoms with Crippen LogP contribution in [0, 0.1) is 5.92 Å². The highest BCUT2D eigenvalue weighted by molar-refractivity contribution is 5.76. The van der Waals surface area contributed by atoms with Crippen molar-refractivity contribution < 1.29 is 4.79 Å². The van der Waals surface area contributed by atoms with Gasteiger partial charge in [0.1, 0.15) is 0 Å². The van der Waals surface area contributed by atoms with Crippen LogP contribution in [0.1, 0.15) is 48.2 Å². The molecule has 2 rings (SSSR count). The van der Waals surface area contributed by atoms with Crippen molar-refractivity contribution in [3.63, 3.8) is 0 Å². The van der Waals surface area contributed by atoms with E-state index >= 15 is 0 Å². The molecule has 1 aromatic heterocycles. The van der Waals surface area contributed by atoms with Crippen molar-refractivity contribution in [3.8, 4) is 0 Å². The third-order valence-corrected chi connectivity index (χ3v) is 3.26. The van der Waals surface area contributed by atoms with Gasteiger partial charge < -0.3 is 0 Å². The van der Waals surface area contributed by atoms with Crippen LogP contribution in [-0.4, -0.2) is 11.3 Å². The van der Waals surface area contributed by atoms with E-state index in [-0.39, 0.29) is 0 Å². The van der Waals surface area contributed by atoms with Crippen LogP contribution >= 0.6 is 0 Å². The summed E-state index contributed by atoms with van der Waals surface area (Å²) in [6.45, 7) is 0. The van der Waals surface area contributed by atoms with Crippen LogP contribution in [0.15, 0.2) is 18.3 Å². The quantitative estimate of drug-likeness (QED) is 0.707.